The molecule has 32 heavy (non-hydrogen) atoms. The summed E-state index contributed by atoms with van der Waals surface area (Å²) in [6.07, 6.45) is -0.853. The van der Waals surface area contributed by atoms with Gasteiger partial charge in [0.15, 0.2) is 0 Å². The van der Waals surface area contributed by atoms with Crippen LogP contribution in [0.2, 0.25) is 0 Å². The van der Waals surface area contributed by atoms with Gasteiger partial charge in [0.05, 0.1) is 5.92 Å². The first-order valence-electron chi connectivity index (χ1n) is 10.2. The highest BCUT2D eigenvalue weighted by atomic mass is 16.6. The average Bonchev–Trinajstić information content (AvgIpc) is 2.80. The molecule has 4 amide bonds. The number of imide groups is 1. The number of nitrogens with one attached hydrogen (secondary N) is 2. The number of hydrogen-bond donors (Lipinski definition) is 2. The van der Waals surface area contributed by atoms with Crippen LogP contribution in [0.3, 0.4) is 0 Å². The molecule has 0 radical (unpaired) electrons. The molecular weight excluding hydrogens is 414 g/mol. The molecule has 0 spiro atoms. The van der Waals surface area contributed by atoms with Gasteiger partial charge in [-0.15, -0.1) is 0 Å². The number of alkyl carbamates (subject to hydrolysis) is 1. The maximum Gasteiger partial charge on any atom is 0.408 e. The van der Waals surface area contributed by atoms with Crippen molar-refractivity contribution >= 4 is 24.0 Å². The second-order valence-electron chi connectivity index (χ2n) is 7.46. The van der Waals surface area contributed by atoms with Gasteiger partial charge in [0.1, 0.15) is 19.3 Å². The molecule has 1 saturated heterocycles. The van der Waals surface area contributed by atoms with E-state index in [-0.39, 0.29) is 26.2 Å². The molecule has 9 heteroatoms. The highest BCUT2D eigenvalue weighted by Crippen LogP contribution is 2.15. The molecule has 168 valence electrons. The van der Waals surface area contributed by atoms with Gasteiger partial charge in [0.25, 0.3) is 0 Å². The van der Waals surface area contributed by atoms with Gasteiger partial charge in [-0.1, -0.05) is 60.7 Å². The zero-order valence-electron chi connectivity index (χ0n) is 17.7. The Balaban J connectivity index is 1.63. The summed E-state index contributed by atoms with van der Waals surface area (Å²) in [5.74, 6) is -1.90. The van der Waals surface area contributed by atoms with Crippen LogP contribution in [-0.2, 0) is 32.3 Å². The quantitative estimate of drug-likeness (QED) is 0.610. The summed E-state index contributed by atoms with van der Waals surface area (Å²) >= 11 is 0. The summed E-state index contributed by atoms with van der Waals surface area (Å²) in [6.45, 7) is 0.166. The van der Waals surface area contributed by atoms with Crippen LogP contribution in [-0.4, -0.2) is 48.5 Å². The van der Waals surface area contributed by atoms with Gasteiger partial charge in [0.2, 0.25) is 5.91 Å². The third kappa shape index (κ3) is 6.56. The van der Waals surface area contributed by atoms with Crippen molar-refractivity contribution in [2.45, 2.75) is 25.7 Å². The third-order valence-electron chi connectivity index (χ3n) is 4.98. The maximum absolute atomic E-state index is 12.7. The zero-order chi connectivity index (χ0) is 22.9. The van der Waals surface area contributed by atoms with Crippen LogP contribution >= 0.6 is 0 Å². The Kier molecular flexibility index (Phi) is 7.80. The third-order valence-corrected chi connectivity index (χ3v) is 4.98. The van der Waals surface area contributed by atoms with Gasteiger partial charge >= 0.3 is 18.1 Å². The van der Waals surface area contributed by atoms with Crippen LogP contribution in [0, 0.1) is 5.92 Å². The summed E-state index contributed by atoms with van der Waals surface area (Å²) in [7, 11) is 1.54. The highest BCUT2D eigenvalue weighted by Gasteiger charge is 2.35. The van der Waals surface area contributed by atoms with E-state index in [1.807, 2.05) is 36.4 Å². The fourth-order valence-electron chi connectivity index (χ4n) is 3.22. The smallest absolute Gasteiger partial charge is 0.408 e. The van der Waals surface area contributed by atoms with Crippen molar-refractivity contribution in [3.63, 3.8) is 0 Å². The van der Waals surface area contributed by atoms with Gasteiger partial charge in [-0.25, -0.2) is 14.4 Å². The van der Waals surface area contributed by atoms with E-state index in [2.05, 4.69) is 10.6 Å². The summed E-state index contributed by atoms with van der Waals surface area (Å²) in [5.41, 5.74) is 1.57. The molecule has 1 fully saturated rings. The van der Waals surface area contributed by atoms with Gasteiger partial charge in [-0.2, -0.15) is 0 Å². The van der Waals surface area contributed by atoms with E-state index in [4.69, 9.17) is 9.47 Å². The van der Waals surface area contributed by atoms with Crippen LogP contribution in [0.25, 0.3) is 0 Å². The fourth-order valence-corrected chi connectivity index (χ4v) is 3.22. The molecular formula is C23H25N3O6. The van der Waals surface area contributed by atoms with E-state index in [0.717, 1.165) is 11.1 Å². The Morgan fingerprint density at radius 3 is 2.16 bits per heavy atom. The number of amides is 4. The largest absolute Gasteiger partial charge is 0.459 e. The lowest BCUT2D eigenvalue weighted by molar-refractivity contribution is -0.148. The SMILES string of the molecule is CN1C[C@@H](C[C@H](NC(=O)OCc2ccccc2)C(=O)OCc2ccccc2)C(=O)NC1=O. The predicted octanol–water partition coefficient (Wildman–Crippen LogP) is 2.21. The standard InChI is InChI=1S/C23H25N3O6/c1-26-13-18(20(27)25-22(26)29)12-19(21(28)31-14-16-8-4-2-5-9-16)24-23(30)32-15-17-10-6-3-7-11-17/h2-11,18-19H,12-15H2,1H3,(H,24,30)(H,25,27,29)/t18-,19+/m1/s1. The van der Waals surface area contributed by atoms with Crippen LogP contribution in [0.15, 0.2) is 60.7 Å². The Morgan fingerprint density at radius 1 is 1.00 bits per heavy atom. The summed E-state index contributed by atoms with van der Waals surface area (Å²) in [5, 5.41) is 4.73. The van der Waals surface area contributed by atoms with Crippen molar-refractivity contribution in [1.29, 1.82) is 0 Å². The van der Waals surface area contributed by atoms with E-state index in [1.54, 1.807) is 31.3 Å². The Labute approximate surface area is 185 Å². The van der Waals surface area contributed by atoms with Crippen molar-refractivity contribution < 1.29 is 28.7 Å². The molecule has 1 aliphatic rings. The Morgan fingerprint density at radius 2 is 1.56 bits per heavy atom. The molecule has 2 atom stereocenters. The van der Waals surface area contributed by atoms with Gasteiger partial charge < -0.3 is 19.7 Å². The second-order valence-corrected chi connectivity index (χ2v) is 7.46. The van der Waals surface area contributed by atoms with Crippen molar-refractivity contribution in [2.24, 2.45) is 5.92 Å². The number of benzene rings is 2. The van der Waals surface area contributed by atoms with Crippen molar-refractivity contribution in [3.8, 4) is 0 Å². The second kappa shape index (κ2) is 10.9. The number of urea groups is 1. The molecule has 2 aromatic carbocycles. The predicted molar refractivity (Wildman–Crippen MR) is 114 cm³/mol. The fraction of sp³-hybridized carbons (Fsp3) is 0.304. The Hall–Kier alpha value is -3.88. The van der Waals surface area contributed by atoms with E-state index >= 15 is 0 Å². The van der Waals surface area contributed by atoms with Gasteiger partial charge in [-0.3, -0.25) is 10.1 Å². The molecule has 0 saturated carbocycles. The molecule has 1 aliphatic heterocycles. The molecule has 2 aromatic rings. The first-order valence-corrected chi connectivity index (χ1v) is 10.2. The summed E-state index contributed by atoms with van der Waals surface area (Å²) < 4.78 is 10.6. The van der Waals surface area contributed by atoms with Crippen LogP contribution in [0.4, 0.5) is 9.59 Å². The molecule has 0 unspecified atom stereocenters. The normalized spacial score (nSPS) is 16.7. The highest BCUT2D eigenvalue weighted by molar-refractivity contribution is 5.98. The number of esters is 1. The lowest BCUT2D eigenvalue weighted by Crippen LogP contribution is -2.55. The van der Waals surface area contributed by atoms with E-state index in [9.17, 15) is 19.2 Å². The van der Waals surface area contributed by atoms with Crippen molar-refractivity contribution in [3.05, 3.63) is 71.8 Å². The van der Waals surface area contributed by atoms with Gasteiger partial charge in [0, 0.05) is 13.6 Å². The number of carbonyl (C=O) groups is 4. The van der Waals surface area contributed by atoms with Crippen LogP contribution in [0.1, 0.15) is 17.5 Å². The lowest BCUT2D eigenvalue weighted by atomic mass is 9.97. The lowest BCUT2D eigenvalue weighted by Gasteiger charge is -2.30. The van der Waals surface area contributed by atoms with Crippen LogP contribution < -0.4 is 10.6 Å². The minimum absolute atomic E-state index is 0.0200. The number of hydrogen-bond acceptors (Lipinski definition) is 6. The first-order chi connectivity index (χ1) is 15.4. The van der Waals surface area contributed by atoms with Crippen LogP contribution in [0.5, 0.6) is 0 Å². The monoisotopic (exact) mass is 439 g/mol. The Bertz CT molecular complexity index is 951. The molecule has 1 heterocycles. The first kappa shape index (κ1) is 22.8. The minimum atomic E-state index is -1.13. The summed E-state index contributed by atoms with van der Waals surface area (Å²) in [6, 6.07) is 16.5. The van der Waals surface area contributed by atoms with E-state index in [0.29, 0.717) is 0 Å². The zero-order valence-corrected chi connectivity index (χ0v) is 17.7. The topological polar surface area (TPSA) is 114 Å². The number of ether oxygens (including phenoxy) is 2. The van der Waals surface area contributed by atoms with Crippen molar-refractivity contribution in [2.75, 3.05) is 13.6 Å². The average molecular weight is 439 g/mol. The molecule has 2 N–H and O–H groups in total. The molecule has 3 rings (SSSR count). The minimum Gasteiger partial charge on any atom is -0.459 e. The maximum atomic E-state index is 12.7. The van der Waals surface area contributed by atoms with Gasteiger partial charge in [-0.05, 0) is 17.5 Å². The van der Waals surface area contributed by atoms with Crippen molar-refractivity contribution in [1.82, 2.24) is 15.5 Å². The number of nitrogens with zero attached hydrogens (tertiary/aromatic N) is 1. The summed E-state index contributed by atoms with van der Waals surface area (Å²) in [4.78, 5) is 50.3. The van der Waals surface area contributed by atoms with E-state index in [1.165, 1.54) is 4.90 Å². The molecule has 9 nitrogen and oxygen atoms in total. The van der Waals surface area contributed by atoms with E-state index < -0.39 is 36.0 Å². The molecule has 0 aliphatic carbocycles. The number of carbonyl (C=O) groups excluding carboxylic acids is 4. The molecule has 0 bridgehead atoms. The number of rotatable bonds is 8. The molecule has 0 aromatic heterocycles.